The molecular formula is C19H25N3. The minimum Gasteiger partial charge on any atom is -0.381 e. The largest absolute Gasteiger partial charge is 0.381 e. The third kappa shape index (κ3) is 3.80. The summed E-state index contributed by atoms with van der Waals surface area (Å²) < 4.78 is 0. The third-order valence-electron chi connectivity index (χ3n) is 4.35. The maximum Gasteiger partial charge on any atom is 0.0400 e. The van der Waals surface area contributed by atoms with E-state index in [1.54, 1.807) is 0 Å². The Bertz CT molecular complexity index is 581. The molecule has 1 aliphatic rings. The van der Waals surface area contributed by atoms with Crippen molar-refractivity contribution >= 4 is 11.4 Å². The van der Waals surface area contributed by atoms with Crippen molar-refractivity contribution in [1.82, 2.24) is 4.90 Å². The Morgan fingerprint density at radius 1 is 0.864 bits per heavy atom. The van der Waals surface area contributed by atoms with E-state index in [1.807, 2.05) is 0 Å². The maximum absolute atomic E-state index is 3.49. The number of likely N-dealkylation sites (N-methyl/N-ethyl adjacent to an activating group) is 1. The van der Waals surface area contributed by atoms with Gasteiger partial charge in [0.1, 0.15) is 0 Å². The van der Waals surface area contributed by atoms with Crippen LogP contribution in [0, 0.1) is 6.92 Å². The quantitative estimate of drug-likeness (QED) is 0.933. The summed E-state index contributed by atoms with van der Waals surface area (Å²) in [6.45, 7) is 7.52. The molecule has 0 unspecified atom stereocenters. The number of rotatable bonds is 4. The normalized spacial score (nSPS) is 15.8. The van der Waals surface area contributed by atoms with Gasteiger partial charge in [-0.15, -0.1) is 0 Å². The SMILES string of the molecule is Cc1ccc(CNc2ccc(N3CCN(C)CC3)cc2)cc1. The van der Waals surface area contributed by atoms with Gasteiger partial charge in [-0.3, -0.25) is 0 Å². The van der Waals surface area contributed by atoms with E-state index in [9.17, 15) is 0 Å². The lowest BCUT2D eigenvalue weighted by molar-refractivity contribution is 0.313. The second-order valence-electron chi connectivity index (χ2n) is 6.18. The Morgan fingerprint density at radius 2 is 1.50 bits per heavy atom. The van der Waals surface area contributed by atoms with Crippen molar-refractivity contribution in [2.45, 2.75) is 13.5 Å². The molecule has 2 aromatic rings. The Kier molecular flexibility index (Phi) is 4.64. The summed E-state index contributed by atoms with van der Waals surface area (Å²) >= 11 is 0. The summed E-state index contributed by atoms with van der Waals surface area (Å²) in [4.78, 5) is 4.84. The summed E-state index contributed by atoms with van der Waals surface area (Å²) in [5.74, 6) is 0. The van der Waals surface area contributed by atoms with Crippen LogP contribution in [-0.2, 0) is 6.54 Å². The summed E-state index contributed by atoms with van der Waals surface area (Å²) in [5, 5.41) is 3.49. The molecule has 0 saturated carbocycles. The molecule has 1 fully saturated rings. The second-order valence-corrected chi connectivity index (χ2v) is 6.18. The van der Waals surface area contributed by atoms with Crippen molar-refractivity contribution < 1.29 is 0 Å². The summed E-state index contributed by atoms with van der Waals surface area (Å²) in [7, 11) is 2.19. The zero-order valence-electron chi connectivity index (χ0n) is 13.5. The van der Waals surface area contributed by atoms with Crippen LogP contribution in [0.4, 0.5) is 11.4 Å². The molecule has 3 nitrogen and oxygen atoms in total. The smallest absolute Gasteiger partial charge is 0.0400 e. The van der Waals surface area contributed by atoms with Crippen molar-refractivity contribution in [2.24, 2.45) is 0 Å². The van der Waals surface area contributed by atoms with Crippen LogP contribution < -0.4 is 10.2 Å². The van der Waals surface area contributed by atoms with Gasteiger partial charge in [-0.25, -0.2) is 0 Å². The lowest BCUT2D eigenvalue weighted by Crippen LogP contribution is -2.44. The topological polar surface area (TPSA) is 18.5 Å². The summed E-state index contributed by atoms with van der Waals surface area (Å²) in [5.41, 5.74) is 5.13. The fourth-order valence-corrected chi connectivity index (χ4v) is 2.76. The molecule has 1 heterocycles. The standard InChI is InChI=1S/C19H25N3/c1-16-3-5-17(6-4-16)15-20-18-7-9-19(10-8-18)22-13-11-21(2)12-14-22/h3-10,20H,11-15H2,1-2H3. The van der Waals surface area contributed by atoms with E-state index in [1.165, 1.54) is 22.5 Å². The van der Waals surface area contributed by atoms with Gasteiger partial charge in [0.05, 0.1) is 0 Å². The predicted molar refractivity (Wildman–Crippen MR) is 94.7 cm³/mol. The van der Waals surface area contributed by atoms with Gasteiger partial charge in [0.2, 0.25) is 0 Å². The first-order chi connectivity index (χ1) is 10.7. The molecule has 3 heteroatoms. The number of nitrogens with zero attached hydrogens (tertiary/aromatic N) is 2. The van der Waals surface area contributed by atoms with Crippen LogP contribution in [0.5, 0.6) is 0 Å². The monoisotopic (exact) mass is 295 g/mol. The lowest BCUT2D eigenvalue weighted by atomic mass is 10.1. The first-order valence-corrected chi connectivity index (χ1v) is 8.04. The number of hydrogen-bond acceptors (Lipinski definition) is 3. The van der Waals surface area contributed by atoms with Gasteiger partial charge in [-0.1, -0.05) is 29.8 Å². The van der Waals surface area contributed by atoms with E-state index < -0.39 is 0 Å². The van der Waals surface area contributed by atoms with Gasteiger partial charge >= 0.3 is 0 Å². The summed E-state index contributed by atoms with van der Waals surface area (Å²) in [6, 6.07) is 17.5. The number of anilines is 2. The maximum atomic E-state index is 3.49. The third-order valence-corrected chi connectivity index (χ3v) is 4.35. The predicted octanol–water partition coefficient (Wildman–Crippen LogP) is 3.36. The highest BCUT2D eigenvalue weighted by atomic mass is 15.2. The fourth-order valence-electron chi connectivity index (χ4n) is 2.76. The molecule has 3 rings (SSSR count). The summed E-state index contributed by atoms with van der Waals surface area (Å²) in [6.07, 6.45) is 0. The van der Waals surface area contributed by atoms with Crippen LogP contribution in [0.1, 0.15) is 11.1 Å². The van der Waals surface area contributed by atoms with Crippen molar-refractivity contribution in [1.29, 1.82) is 0 Å². The van der Waals surface area contributed by atoms with Crippen molar-refractivity contribution in [3.05, 3.63) is 59.7 Å². The highest BCUT2D eigenvalue weighted by Crippen LogP contribution is 2.19. The number of aryl methyl sites for hydroxylation is 1. The van der Waals surface area contributed by atoms with Gasteiger partial charge in [-0.05, 0) is 43.8 Å². The average molecular weight is 295 g/mol. The molecule has 1 saturated heterocycles. The van der Waals surface area contributed by atoms with Crippen LogP contribution in [0.2, 0.25) is 0 Å². The molecular weight excluding hydrogens is 270 g/mol. The molecule has 1 aliphatic heterocycles. The first kappa shape index (κ1) is 14.9. The molecule has 116 valence electrons. The van der Waals surface area contributed by atoms with Crippen LogP contribution in [0.25, 0.3) is 0 Å². The first-order valence-electron chi connectivity index (χ1n) is 8.04. The molecule has 0 amide bonds. The molecule has 0 aromatic heterocycles. The molecule has 0 bridgehead atoms. The number of nitrogens with one attached hydrogen (secondary N) is 1. The highest BCUT2D eigenvalue weighted by Gasteiger charge is 2.13. The Hall–Kier alpha value is -2.00. The number of piperazine rings is 1. The van der Waals surface area contributed by atoms with E-state index in [0.717, 1.165) is 32.7 Å². The van der Waals surface area contributed by atoms with Crippen LogP contribution in [-0.4, -0.2) is 38.1 Å². The zero-order chi connectivity index (χ0) is 15.4. The molecule has 2 aromatic carbocycles. The van der Waals surface area contributed by atoms with Gasteiger partial charge in [0.15, 0.2) is 0 Å². The molecule has 0 spiro atoms. The van der Waals surface area contributed by atoms with Gasteiger partial charge in [-0.2, -0.15) is 0 Å². The van der Waals surface area contributed by atoms with E-state index >= 15 is 0 Å². The molecule has 0 atom stereocenters. The van der Waals surface area contributed by atoms with Crippen LogP contribution in [0.3, 0.4) is 0 Å². The zero-order valence-corrected chi connectivity index (χ0v) is 13.5. The van der Waals surface area contributed by atoms with Crippen LogP contribution >= 0.6 is 0 Å². The number of hydrogen-bond donors (Lipinski definition) is 1. The minimum absolute atomic E-state index is 0.869. The lowest BCUT2D eigenvalue weighted by Gasteiger charge is -2.34. The van der Waals surface area contributed by atoms with E-state index in [4.69, 9.17) is 0 Å². The van der Waals surface area contributed by atoms with Crippen LogP contribution in [0.15, 0.2) is 48.5 Å². The van der Waals surface area contributed by atoms with Crippen molar-refractivity contribution in [3.63, 3.8) is 0 Å². The van der Waals surface area contributed by atoms with Crippen molar-refractivity contribution in [3.8, 4) is 0 Å². The second kappa shape index (κ2) is 6.84. The van der Waals surface area contributed by atoms with Gasteiger partial charge < -0.3 is 15.1 Å². The highest BCUT2D eigenvalue weighted by molar-refractivity contribution is 5.55. The molecule has 0 radical (unpaired) electrons. The Balaban J connectivity index is 1.56. The Labute approximate surface area is 133 Å². The van der Waals surface area contributed by atoms with E-state index in [0.29, 0.717) is 0 Å². The Morgan fingerprint density at radius 3 is 2.14 bits per heavy atom. The van der Waals surface area contributed by atoms with Crippen molar-refractivity contribution in [2.75, 3.05) is 43.4 Å². The molecule has 1 N–H and O–H groups in total. The fraction of sp³-hybridized carbons (Fsp3) is 0.368. The molecule has 0 aliphatic carbocycles. The van der Waals surface area contributed by atoms with Gasteiger partial charge in [0.25, 0.3) is 0 Å². The minimum atomic E-state index is 0.869. The van der Waals surface area contributed by atoms with E-state index in [-0.39, 0.29) is 0 Å². The van der Waals surface area contributed by atoms with Gasteiger partial charge in [0, 0.05) is 44.1 Å². The average Bonchev–Trinajstić information content (AvgIpc) is 2.56. The van der Waals surface area contributed by atoms with E-state index in [2.05, 4.69) is 77.6 Å². The number of benzene rings is 2. The molecule has 22 heavy (non-hydrogen) atoms.